The van der Waals surface area contributed by atoms with Gasteiger partial charge in [0.2, 0.25) is 0 Å². The lowest BCUT2D eigenvalue weighted by Crippen LogP contribution is -2.37. The molecule has 0 fully saturated rings. The van der Waals surface area contributed by atoms with Crippen molar-refractivity contribution >= 4 is 11.6 Å². The molecule has 1 N–H and O–H groups in total. The average Bonchev–Trinajstić information content (AvgIpc) is 2.62. The second-order valence-electron chi connectivity index (χ2n) is 5.09. The van der Waals surface area contributed by atoms with Crippen LogP contribution in [0, 0.1) is 17.8 Å². The molecule has 2 rings (SSSR count). The van der Waals surface area contributed by atoms with Crippen molar-refractivity contribution < 1.29 is 9.90 Å². The van der Waals surface area contributed by atoms with Gasteiger partial charge in [0.1, 0.15) is 11.3 Å². The maximum absolute atomic E-state index is 11.9. The fourth-order valence-corrected chi connectivity index (χ4v) is 1.90. The minimum absolute atomic E-state index is 0.0955. The zero-order valence-corrected chi connectivity index (χ0v) is 11.0. The van der Waals surface area contributed by atoms with E-state index in [0.717, 1.165) is 11.3 Å². The molecule has 2 heterocycles. The van der Waals surface area contributed by atoms with Crippen LogP contribution in [0.1, 0.15) is 20.8 Å². The van der Waals surface area contributed by atoms with Crippen LogP contribution in [0.2, 0.25) is 0 Å². The molecule has 0 aromatic carbocycles. The van der Waals surface area contributed by atoms with Gasteiger partial charge in [0, 0.05) is 24.5 Å². The number of aliphatic imine (C=N–C) groups is 1. The summed E-state index contributed by atoms with van der Waals surface area (Å²) in [7, 11) is 1.68. The molecule has 0 aromatic heterocycles. The van der Waals surface area contributed by atoms with Gasteiger partial charge in [-0.2, -0.15) is 0 Å². The number of carbonyl (C=O) groups excluding carboxylic acids is 1. The van der Waals surface area contributed by atoms with Crippen LogP contribution in [-0.2, 0) is 4.79 Å². The SMILES string of the molecule is CC1=CC2C(C#CC(C)(C)O)=CN(C)C(=O)C2=N1. The van der Waals surface area contributed by atoms with Crippen LogP contribution in [0.3, 0.4) is 0 Å². The first kappa shape index (κ1) is 12.6. The van der Waals surface area contributed by atoms with Gasteiger partial charge in [0.15, 0.2) is 0 Å². The molecule has 4 nitrogen and oxygen atoms in total. The summed E-state index contributed by atoms with van der Waals surface area (Å²) < 4.78 is 0. The molecule has 18 heavy (non-hydrogen) atoms. The van der Waals surface area contributed by atoms with Crippen molar-refractivity contribution in [2.24, 2.45) is 10.9 Å². The minimum atomic E-state index is -1.05. The van der Waals surface area contributed by atoms with Crippen molar-refractivity contribution in [3.63, 3.8) is 0 Å². The number of allylic oxidation sites excluding steroid dienone is 3. The van der Waals surface area contributed by atoms with Crippen molar-refractivity contribution in [1.82, 2.24) is 4.90 Å². The van der Waals surface area contributed by atoms with Gasteiger partial charge in [-0.25, -0.2) is 0 Å². The summed E-state index contributed by atoms with van der Waals surface area (Å²) in [5.74, 6) is 5.46. The van der Waals surface area contributed by atoms with Gasteiger partial charge in [0.05, 0.1) is 5.92 Å². The molecule has 0 aliphatic carbocycles. The van der Waals surface area contributed by atoms with E-state index in [0.29, 0.717) is 5.71 Å². The lowest BCUT2D eigenvalue weighted by molar-refractivity contribution is -0.121. The average molecular weight is 244 g/mol. The Morgan fingerprint density at radius 1 is 1.50 bits per heavy atom. The Morgan fingerprint density at radius 3 is 2.78 bits per heavy atom. The fourth-order valence-electron chi connectivity index (χ4n) is 1.90. The van der Waals surface area contributed by atoms with Gasteiger partial charge >= 0.3 is 0 Å². The van der Waals surface area contributed by atoms with Crippen LogP contribution in [0.5, 0.6) is 0 Å². The van der Waals surface area contributed by atoms with E-state index in [1.54, 1.807) is 27.1 Å². The zero-order chi connectivity index (χ0) is 13.5. The molecule has 1 unspecified atom stereocenters. The van der Waals surface area contributed by atoms with Crippen molar-refractivity contribution in [2.45, 2.75) is 26.4 Å². The van der Waals surface area contributed by atoms with Crippen molar-refractivity contribution in [3.8, 4) is 11.8 Å². The van der Waals surface area contributed by atoms with Gasteiger partial charge in [-0.05, 0) is 26.8 Å². The molecule has 0 bridgehead atoms. The van der Waals surface area contributed by atoms with Crippen LogP contribution in [0.25, 0.3) is 0 Å². The second kappa shape index (κ2) is 4.11. The molecule has 0 saturated heterocycles. The standard InChI is InChI=1S/C14H16N2O2/c1-9-7-11-10(5-6-14(2,3)18)8-16(4)13(17)12(11)15-9/h7-8,11,18H,1-4H3. The lowest BCUT2D eigenvalue weighted by Gasteiger charge is -2.23. The molecule has 1 atom stereocenters. The van der Waals surface area contributed by atoms with Crippen molar-refractivity contribution in [3.05, 3.63) is 23.5 Å². The number of nitrogens with zero attached hydrogens (tertiary/aromatic N) is 2. The molecule has 0 radical (unpaired) electrons. The monoisotopic (exact) mass is 244 g/mol. The third-order valence-corrected chi connectivity index (χ3v) is 2.72. The van der Waals surface area contributed by atoms with E-state index in [1.165, 1.54) is 4.90 Å². The Balaban J connectivity index is 2.41. The molecule has 0 saturated carbocycles. The predicted octanol–water partition coefficient (Wildman–Crippen LogP) is 1.09. The van der Waals surface area contributed by atoms with Gasteiger partial charge in [-0.1, -0.05) is 11.8 Å². The Bertz CT molecular complexity index is 551. The summed E-state index contributed by atoms with van der Waals surface area (Å²) in [5, 5.41) is 9.63. The first-order valence-corrected chi connectivity index (χ1v) is 5.79. The van der Waals surface area contributed by atoms with E-state index in [2.05, 4.69) is 16.8 Å². The van der Waals surface area contributed by atoms with Crippen LogP contribution in [0.15, 0.2) is 28.5 Å². The van der Waals surface area contributed by atoms with Gasteiger partial charge in [-0.15, -0.1) is 0 Å². The third kappa shape index (κ3) is 2.36. The maximum Gasteiger partial charge on any atom is 0.272 e. The molecular weight excluding hydrogens is 228 g/mol. The van der Waals surface area contributed by atoms with Crippen LogP contribution < -0.4 is 0 Å². The Hall–Kier alpha value is -1.86. The maximum atomic E-state index is 11.9. The number of amides is 1. The zero-order valence-electron chi connectivity index (χ0n) is 11.0. The molecule has 2 aliphatic rings. The summed E-state index contributed by atoms with van der Waals surface area (Å²) in [5.41, 5.74) is 1.08. The molecule has 1 amide bonds. The largest absolute Gasteiger partial charge is 0.378 e. The summed E-state index contributed by atoms with van der Waals surface area (Å²) in [6.07, 6.45) is 3.63. The van der Waals surface area contributed by atoms with Crippen LogP contribution in [0.4, 0.5) is 0 Å². The predicted molar refractivity (Wildman–Crippen MR) is 69.6 cm³/mol. The molecule has 4 heteroatoms. The number of hydrogen-bond donors (Lipinski definition) is 1. The Labute approximate surface area is 107 Å². The second-order valence-corrected chi connectivity index (χ2v) is 5.09. The van der Waals surface area contributed by atoms with Gasteiger partial charge in [-0.3, -0.25) is 9.79 Å². The van der Waals surface area contributed by atoms with E-state index in [-0.39, 0.29) is 11.8 Å². The molecule has 2 aliphatic heterocycles. The van der Waals surface area contributed by atoms with Crippen LogP contribution in [-0.4, -0.2) is 34.3 Å². The minimum Gasteiger partial charge on any atom is -0.378 e. The highest BCUT2D eigenvalue weighted by Crippen LogP contribution is 2.28. The van der Waals surface area contributed by atoms with Gasteiger partial charge in [0.25, 0.3) is 5.91 Å². The third-order valence-electron chi connectivity index (χ3n) is 2.72. The van der Waals surface area contributed by atoms with E-state index in [9.17, 15) is 9.90 Å². The van der Waals surface area contributed by atoms with E-state index >= 15 is 0 Å². The topological polar surface area (TPSA) is 52.9 Å². The lowest BCUT2D eigenvalue weighted by atomic mass is 9.91. The van der Waals surface area contributed by atoms with E-state index in [1.807, 2.05) is 13.0 Å². The Morgan fingerprint density at radius 2 is 2.17 bits per heavy atom. The Kier molecular flexibility index (Phi) is 2.88. The van der Waals surface area contributed by atoms with Gasteiger partial charge < -0.3 is 10.0 Å². The summed E-state index contributed by atoms with van der Waals surface area (Å²) >= 11 is 0. The highest BCUT2D eigenvalue weighted by atomic mass is 16.3. The van der Waals surface area contributed by atoms with Crippen molar-refractivity contribution in [1.29, 1.82) is 0 Å². The van der Waals surface area contributed by atoms with Crippen molar-refractivity contribution in [2.75, 3.05) is 7.05 Å². The molecular formula is C14H16N2O2. The molecule has 94 valence electrons. The molecule has 0 spiro atoms. The van der Waals surface area contributed by atoms with Crippen LogP contribution >= 0.6 is 0 Å². The highest BCUT2D eigenvalue weighted by Gasteiger charge is 2.34. The van der Waals surface area contributed by atoms with E-state index < -0.39 is 5.60 Å². The number of hydrogen-bond acceptors (Lipinski definition) is 3. The first-order valence-electron chi connectivity index (χ1n) is 5.79. The number of rotatable bonds is 0. The first-order chi connectivity index (χ1) is 8.28. The number of aliphatic hydroxyl groups is 1. The summed E-state index contributed by atoms with van der Waals surface area (Å²) in [6, 6.07) is 0. The normalized spacial score (nSPS) is 22.7. The molecule has 0 aromatic rings. The summed E-state index contributed by atoms with van der Waals surface area (Å²) in [6.45, 7) is 5.12. The quantitative estimate of drug-likeness (QED) is 0.648. The summed E-state index contributed by atoms with van der Waals surface area (Å²) in [4.78, 5) is 17.7. The highest BCUT2D eigenvalue weighted by molar-refractivity contribution is 6.42. The van der Waals surface area contributed by atoms with E-state index in [4.69, 9.17) is 0 Å². The number of carbonyl (C=O) groups is 1. The fraction of sp³-hybridized carbons (Fsp3) is 0.429. The number of fused-ring (bicyclic) bond motifs is 1. The smallest absolute Gasteiger partial charge is 0.272 e.